The molecule has 0 aromatic heterocycles. The Morgan fingerprint density at radius 3 is 2.78 bits per heavy atom. The van der Waals surface area contributed by atoms with Gasteiger partial charge in [0.2, 0.25) is 11.8 Å². The highest BCUT2D eigenvalue weighted by Crippen LogP contribution is 2.34. The van der Waals surface area contributed by atoms with Gasteiger partial charge in [0.1, 0.15) is 6.07 Å². The van der Waals surface area contributed by atoms with E-state index in [2.05, 4.69) is 11.4 Å². The molecule has 0 aromatic rings. The zero-order chi connectivity index (χ0) is 13.3. The summed E-state index contributed by atoms with van der Waals surface area (Å²) in [5, 5.41) is 11.7. The summed E-state index contributed by atoms with van der Waals surface area (Å²) in [4.78, 5) is 11.6. The quantitative estimate of drug-likeness (QED) is 0.780. The lowest BCUT2D eigenvalue weighted by Crippen LogP contribution is -2.39. The molecule has 0 aliphatic carbocycles. The Balaban J connectivity index is 2.26. The lowest BCUT2D eigenvalue weighted by atomic mass is 9.88. The Morgan fingerprint density at radius 2 is 2.28 bits per heavy atom. The number of nitrogens with zero attached hydrogens (tertiary/aromatic N) is 1. The first kappa shape index (κ1) is 12.9. The number of rotatable bonds is 2. The van der Waals surface area contributed by atoms with Gasteiger partial charge in [0, 0.05) is 12.3 Å². The first-order valence-corrected chi connectivity index (χ1v) is 5.76. The topological polar surface area (TPSA) is 80.6 Å². The van der Waals surface area contributed by atoms with Crippen molar-refractivity contribution in [3.63, 3.8) is 0 Å². The molecule has 18 heavy (non-hydrogen) atoms. The molecule has 1 fully saturated rings. The fourth-order valence-electron chi connectivity index (χ4n) is 2.24. The number of nitrogens with one attached hydrogen (secondary N) is 1. The molecule has 6 nitrogen and oxygen atoms in total. The SMILES string of the molecule is COC1=C(C#N)C(C2COC(C)(C)O2)CC(=O)N1. The van der Waals surface area contributed by atoms with Gasteiger partial charge < -0.3 is 14.2 Å². The summed E-state index contributed by atoms with van der Waals surface area (Å²) in [5.74, 6) is -0.955. The minimum Gasteiger partial charge on any atom is -0.482 e. The van der Waals surface area contributed by atoms with Crippen LogP contribution in [0.2, 0.25) is 0 Å². The van der Waals surface area contributed by atoms with E-state index in [1.54, 1.807) is 0 Å². The predicted molar refractivity (Wildman–Crippen MR) is 60.8 cm³/mol. The average Bonchev–Trinajstić information content (AvgIpc) is 2.68. The smallest absolute Gasteiger partial charge is 0.227 e. The molecule has 2 heterocycles. The summed E-state index contributed by atoms with van der Waals surface area (Å²) in [6.07, 6.45) is -0.0919. The van der Waals surface area contributed by atoms with E-state index in [1.807, 2.05) is 13.8 Å². The molecule has 0 spiro atoms. The Kier molecular flexibility index (Phi) is 3.28. The minimum atomic E-state index is -0.674. The number of ether oxygens (including phenoxy) is 3. The second-order valence-corrected chi connectivity index (χ2v) is 4.78. The molecule has 98 valence electrons. The van der Waals surface area contributed by atoms with Crippen molar-refractivity contribution >= 4 is 5.91 Å². The maximum Gasteiger partial charge on any atom is 0.227 e. The van der Waals surface area contributed by atoms with Crippen LogP contribution in [0.25, 0.3) is 0 Å². The van der Waals surface area contributed by atoms with Crippen LogP contribution in [0.5, 0.6) is 0 Å². The van der Waals surface area contributed by atoms with Crippen molar-refractivity contribution in [3.8, 4) is 6.07 Å². The van der Waals surface area contributed by atoms with E-state index in [9.17, 15) is 10.1 Å². The molecule has 2 atom stereocenters. The van der Waals surface area contributed by atoms with E-state index in [4.69, 9.17) is 14.2 Å². The van der Waals surface area contributed by atoms with E-state index in [1.165, 1.54) is 7.11 Å². The van der Waals surface area contributed by atoms with E-state index in [0.717, 1.165) is 0 Å². The largest absolute Gasteiger partial charge is 0.482 e. The number of amides is 1. The fourth-order valence-corrected chi connectivity index (χ4v) is 2.24. The van der Waals surface area contributed by atoms with Crippen molar-refractivity contribution in [2.75, 3.05) is 13.7 Å². The summed E-state index contributed by atoms with van der Waals surface area (Å²) in [5.41, 5.74) is 0.406. The van der Waals surface area contributed by atoms with Crippen molar-refractivity contribution < 1.29 is 19.0 Å². The highest BCUT2D eigenvalue weighted by Gasteiger charge is 2.42. The Bertz CT molecular complexity index is 436. The van der Waals surface area contributed by atoms with Gasteiger partial charge in [0.25, 0.3) is 0 Å². The van der Waals surface area contributed by atoms with Crippen LogP contribution in [0, 0.1) is 17.2 Å². The number of methoxy groups -OCH3 is 1. The van der Waals surface area contributed by atoms with Gasteiger partial charge in [-0.15, -0.1) is 0 Å². The average molecular weight is 252 g/mol. The van der Waals surface area contributed by atoms with E-state index in [-0.39, 0.29) is 30.2 Å². The second kappa shape index (κ2) is 4.59. The molecule has 2 rings (SSSR count). The Labute approximate surface area is 105 Å². The Morgan fingerprint density at radius 1 is 1.56 bits per heavy atom. The molecule has 0 radical (unpaired) electrons. The van der Waals surface area contributed by atoms with Crippen molar-refractivity contribution in [1.29, 1.82) is 5.26 Å². The third kappa shape index (κ3) is 2.33. The lowest BCUT2D eigenvalue weighted by molar-refractivity contribution is -0.145. The van der Waals surface area contributed by atoms with Gasteiger partial charge in [-0.2, -0.15) is 5.26 Å². The van der Waals surface area contributed by atoms with Crippen molar-refractivity contribution in [2.45, 2.75) is 32.2 Å². The first-order chi connectivity index (χ1) is 8.46. The molecule has 0 saturated carbocycles. The van der Waals surface area contributed by atoms with Crippen LogP contribution in [0.4, 0.5) is 0 Å². The second-order valence-electron chi connectivity index (χ2n) is 4.78. The first-order valence-electron chi connectivity index (χ1n) is 5.76. The van der Waals surface area contributed by atoms with Gasteiger partial charge in [-0.05, 0) is 13.8 Å². The summed E-state index contributed by atoms with van der Waals surface area (Å²) < 4.78 is 16.2. The lowest BCUT2D eigenvalue weighted by Gasteiger charge is -2.28. The van der Waals surface area contributed by atoms with Crippen molar-refractivity contribution in [1.82, 2.24) is 5.32 Å². The highest BCUT2D eigenvalue weighted by molar-refractivity contribution is 5.80. The van der Waals surface area contributed by atoms with Gasteiger partial charge in [-0.3, -0.25) is 10.1 Å². The maximum atomic E-state index is 11.6. The normalized spacial score (nSPS) is 30.9. The van der Waals surface area contributed by atoms with Crippen LogP contribution in [0.3, 0.4) is 0 Å². The molecule has 0 aromatic carbocycles. The van der Waals surface area contributed by atoms with Crippen molar-refractivity contribution in [3.05, 3.63) is 11.5 Å². The summed E-state index contributed by atoms with van der Waals surface area (Å²) in [7, 11) is 1.42. The standard InChI is InChI=1S/C12H16N2O4/c1-12(2)17-6-9(18-12)7-4-10(15)14-11(16-3)8(7)5-13/h7,9H,4,6H2,1-3H3,(H,14,15). The number of hydrogen-bond acceptors (Lipinski definition) is 5. The number of hydrogen-bond donors (Lipinski definition) is 1. The fraction of sp³-hybridized carbons (Fsp3) is 0.667. The van der Waals surface area contributed by atoms with Crippen LogP contribution in [-0.4, -0.2) is 31.5 Å². The van der Waals surface area contributed by atoms with Gasteiger partial charge in [-0.25, -0.2) is 0 Å². The van der Waals surface area contributed by atoms with Gasteiger partial charge in [-0.1, -0.05) is 0 Å². The van der Waals surface area contributed by atoms with Gasteiger partial charge in [0.05, 0.1) is 25.4 Å². The van der Waals surface area contributed by atoms with E-state index in [0.29, 0.717) is 12.2 Å². The van der Waals surface area contributed by atoms with Gasteiger partial charge in [0.15, 0.2) is 5.79 Å². The molecular formula is C12H16N2O4. The number of carbonyl (C=O) groups is 1. The summed E-state index contributed by atoms with van der Waals surface area (Å²) in [6.45, 7) is 3.99. The molecule has 1 amide bonds. The molecule has 2 aliphatic rings. The highest BCUT2D eigenvalue weighted by atomic mass is 16.7. The zero-order valence-corrected chi connectivity index (χ0v) is 10.6. The molecule has 1 saturated heterocycles. The molecular weight excluding hydrogens is 236 g/mol. The number of carbonyl (C=O) groups excluding carboxylic acids is 1. The minimum absolute atomic E-state index is 0.177. The third-order valence-corrected chi connectivity index (χ3v) is 3.08. The van der Waals surface area contributed by atoms with E-state index >= 15 is 0 Å². The van der Waals surface area contributed by atoms with Gasteiger partial charge >= 0.3 is 0 Å². The van der Waals surface area contributed by atoms with E-state index < -0.39 is 5.79 Å². The predicted octanol–water partition coefficient (Wildman–Crippen LogP) is 0.656. The maximum absolute atomic E-state index is 11.6. The monoisotopic (exact) mass is 252 g/mol. The molecule has 2 aliphatic heterocycles. The molecule has 0 bridgehead atoms. The van der Waals surface area contributed by atoms with Crippen LogP contribution in [0.1, 0.15) is 20.3 Å². The van der Waals surface area contributed by atoms with Crippen LogP contribution >= 0.6 is 0 Å². The molecule has 6 heteroatoms. The van der Waals surface area contributed by atoms with Crippen molar-refractivity contribution in [2.24, 2.45) is 5.92 Å². The summed E-state index contributed by atoms with van der Waals surface area (Å²) in [6, 6.07) is 2.08. The van der Waals surface area contributed by atoms with Crippen LogP contribution in [-0.2, 0) is 19.0 Å². The third-order valence-electron chi connectivity index (χ3n) is 3.08. The van der Waals surface area contributed by atoms with Crippen LogP contribution < -0.4 is 5.32 Å². The molecule has 1 N–H and O–H groups in total. The summed E-state index contributed by atoms with van der Waals surface area (Å²) >= 11 is 0. The zero-order valence-electron chi connectivity index (χ0n) is 10.6. The molecule has 2 unspecified atom stereocenters. The Hall–Kier alpha value is -1.58. The van der Waals surface area contributed by atoms with Crippen LogP contribution in [0.15, 0.2) is 11.5 Å². The number of nitriles is 1.